The van der Waals surface area contributed by atoms with Crippen LogP contribution in [0, 0.1) is 6.92 Å². The maximum atomic E-state index is 5.03. The van der Waals surface area contributed by atoms with Crippen LogP contribution in [-0.4, -0.2) is 14.2 Å². The van der Waals surface area contributed by atoms with Gasteiger partial charge in [-0.1, -0.05) is 0 Å². The Morgan fingerprint density at radius 1 is 1.45 bits per heavy atom. The number of hydrogen-bond acceptors (Lipinski definition) is 2. The van der Waals surface area contributed by atoms with Gasteiger partial charge in [-0.3, -0.25) is 0 Å². The fourth-order valence-corrected chi connectivity index (χ4v) is 0.941. The van der Waals surface area contributed by atoms with E-state index in [-0.39, 0.29) is 0 Å². The van der Waals surface area contributed by atoms with Crippen molar-refractivity contribution in [1.82, 2.24) is 0 Å². The first kappa shape index (κ1) is 7.92. The van der Waals surface area contributed by atoms with Crippen molar-refractivity contribution in [2.75, 3.05) is 19.5 Å². The minimum absolute atomic E-state index is 0.842. The molecule has 0 saturated carbocycles. The Kier molecular flexibility index (Phi) is 2.36. The van der Waals surface area contributed by atoms with Gasteiger partial charge in [-0.2, -0.15) is 0 Å². The minimum atomic E-state index is 0.842. The van der Waals surface area contributed by atoms with Gasteiger partial charge < -0.3 is 10.1 Å². The predicted molar refractivity (Wildman–Crippen MR) is 47.0 cm³/mol. The van der Waals surface area contributed by atoms with Gasteiger partial charge in [0.2, 0.25) is 0 Å². The molecule has 11 heavy (non-hydrogen) atoms. The molecule has 0 unspecified atom stereocenters. The molecule has 2 nitrogen and oxygen atoms in total. The molecule has 1 aromatic rings. The highest BCUT2D eigenvalue weighted by Crippen LogP contribution is 2.19. The van der Waals surface area contributed by atoms with E-state index in [4.69, 9.17) is 4.74 Å². The van der Waals surface area contributed by atoms with Crippen molar-refractivity contribution < 1.29 is 4.74 Å². The van der Waals surface area contributed by atoms with Crippen molar-refractivity contribution in [2.45, 2.75) is 0 Å². The van der Waals surface area contributed by atoms with Crippen molar-refractivity contribution >= 4 is 5.69 Å². The van der Waals surface area contributed by atoms with Gasteiger partial charge in [-0.25, -0.2) is 0 Å². The van der Waals surface area contributed by atoms with Gasteiger partial charge in [0.05, 0.1) is 7.11 Å². The Hall–Kier alpha value is -1.18. The third-order valence-electron chi connectivity index (χ3n) is 1.58. The molecule has 0 amide bonds. The quantitative estimate of drug-likeness (QED) is 0.695. The Morgan fingerprint density at radius 2 is 2.18 bits per heavy atom. The van der Waals surface area contributed by atoms with Crippen molar-refractivity contribution in [3.8, 4) is 5.75 Å². The third kappa shape index (κ3) is 1.64. The Labute approximate surface area is 67.2 Å². The molecule has 0 heterocycles. The summed E-state index contributed by atoms with van der Waals surface area (Å²) in [5.41, 5.74) is 1.98. The van der Waals surface area contributed by atoms with Crippen molar-refractivity contribution in [3.05, 3.63) is 30.7 Å². The Morgan fingerprint density at radius 3 is 2.64 bits per heavy atom. The summed E-state index contributed by atoms with van der Waals surface area (Å²) in [6, 6.07) is 5.74. The largest absolute Gasteiger partial charge is 0.497 e. The zero-order valence-corrected chi connectivity index (χ0v) is 6.85. The second kappa shape index (κ2) is 3.28. The lowest BCUT2D eigenvalue weighted by Crippen LogP contribution is -1.92. The average Bonchev–Trinajstić information content (AvgIpc) is 2.04. The van der Waals surface area contributed by atoms with E-state index < -0.39 is 0 Å². The van der Waals surface area contributed by atoms with Crippen LogP contribution in [-0.2, 0) is 0 Å². The minimum Gasteiger partial charge on any atom is -0.497 e. The molecular weight excluding hydrogens is 138 g/mol. The molecule has 0 aromatic heterocycles. The molecule has 1 radical (unpaired) electrons. The van der Waals surface area contributed by atoms with Crippen LogP contribution in [0.4, 0.5) is 5.69 Å². The lowest BCUT2D eigenvalue weighted by molar-refractivity contribution is 0.414. The monoisotopic (exact) mass is 150 g/mol. The summed E-state index contributed by atoms with van der Waals surface area (Å²) in [6.07, 6.45) is 0. The summed E-state index contributed by atoms with van der Waals surface area (Å²) in [7, 11) is 3.52. The summed E-state index contributed by atoms with van der Waals surface area (Å²) < 4.78 is 5.03. The van der Waals surface area contributed by atoms with E-state index in [2.05, 4.69) is 12.2 Å². The predicted octanol–water partition coefficient (Wildman–Crippen LogP) is 1.92. The molecule has 0 fully saturated rings. The van der Waals surface area contributed by atoms with Crippen molar-refractivity contribution in [3.63, 3.8) is 0 Å². The molecule has 1 rings (SSSR count). The highest BCUT2D eigenvalue weighted by molar-refractivity contribution is 5.55. The number of ether oxygens (including phenoxy) is 1. The van der Waals surface area contributed by atoms with Crippen LogP contribution >= 0.6 is 0 Å². The van der Waals surface area contributed by atoms with Gasteiger partial charge in [0.15, 0.2) is 0 Å². The molecule has 1 N–H and O–H groups in total. The lowest BCUT2D eigenvalue weighted by atomic mass is 10.2. The maximum absolute atomic E-state index is 5.03. The number of rotatable bonds is 2. The summed E-state index contributed by atoms with van der Waals surface area (Å²) in [5.74, 6) is 0.842. The van der Waals surface area contributed by atoms with Crippen LogP contribution in [0.1, 0.15) is 5.56 Å². The normalized spacial score (nSPS) is 9.36. The summed E-state index contributed by atoms with van der Waals surface area (Å²) in [6.45, 7) is 3.86. The zero-order chi connectivity index (χ0) is 8.27. The molecular formula is C9H12NO. The number of benzene rings is 1. The highest BCUT2D eigenvalue weighted by Gasteiger charge is 1.96. The lowest BCUT2D eigenvalue weighted by Gasteiger charge is -2.06. The van der Waals surface area contributed by atoms with Crippen LogP contribution < -0.4 is 10.1 Å². The fraction of sp³-hybridized carbons (Fsp3) is 0.222. The SMILES string of the molecule is [CH2]c1cc(OC)ccc1NC. The fourth-order valence-electron chi connectivity index (χ4n) is 0.941. The smallest absolute Gasteiger partial charge is 0.119 e. The third-order valence-corrected chi connectivity index (χ3v) is 1.58. The van der Waals surface area contributed by atoms with Crippen LogP contribution in [0.25, 0.3) is 0 Å². The zero-order valence-electron chi connectivity index (χ0n) is 6.85. The van der Waals surface area contributed by atoms with E-state index in [0.29, 0.717) is 0 Å². The summed E-state index contributed by atoms with van der Waals surface area (Å²) in [4.78, 5) is 0. The van der Waals surface area contributed by atoms with E-state index in [1.165, 1.54) is 0 Å². The van der Waals surface area contributed by atoms with Gasteiger partial charge in [0.1, 0.15) is 5.75 Å². The molecule has 2 heteroatoms. The summed E-state index contributed by atoms with van der Waals surface area (Å²) >= 11 is 0. The number of methoxy groups -OCH3 is 1. The van der Waals surface area contributed by atoms with Crippen LogP contribution in [0.5, 0.6) is 5.75 Å². The van der Waals surface area contributed by atoms with Crippen LogP contribution in [0.2, 0.25) is 0 Å². The highest BCUT2D eigenvalue weighted by atomic mass is 16.5. The molecule has 0 aliphatic rings. The molecule has 1 aromatic carbocycles. The molecule has 0 aliphatic carbocycles. The van der Waals surface area contributed by atoms with Gasteiger partial charge in [0, 0.05) is 12.7 Å². The van der Waals surface area contributed by atoms with Gasteiger partial charge in [-0.05, 0) is 30.7 Å². The second-order valence-corrected chi connectivity index (χ2v) is 2.27. The molecule has 0 bridgehead atoms. The molecule has 0 saturated heterocycles. The van der Waals surface area contributed by atoms with E-state index in [1.807, 2.05) is 25.2 Å². The van der Waals surface area contributed by atoms with E-state index in [0.717, 1.165) is 17.0 Å². The number of anilines is 1. The van der Waals surface area contributed by atoms with E-state index in [1.54, 1.807) is 7.11 Å². The first-order valence-electron chi connectivity index (χ1n) is 3.45. The summed E-state index contributed by atoms with van der Waals surface area (Å²) in [5, 5.41) is 3.03. The van der Waals surface area contributed by atoms with Gasteiger partial charge in [-0.15, -0.1) is 0 Å². The standard InChI is InChI=1S/C9H12NO/c1-7-6-8(11-3)4-5-9(7)10-2/h4-6,10H,1H2,2-3H3. The Bertz CT molecular complexity index is 245. The van der Waals surface area contributed by atoms with E-state index >= 15 is 0 Å². The van der Waals surface area contributed by atoms with Crippen molar-refractivity contribution in [1.29, 1.82) is 0 Å². The van der Waals surface area contributed by atoms with Crippen molar-refractivity contribution in [2.24, 2.45) is 0 Å². The van der Waals surface area contributed by atoms with E-state index in [9.17, 15) is 0 Å². The first-order chi connectivity index (χ1) is 5.27. The van der Waals surface area contributed by atoms with Crippen LogP contribution in [0.3, 0.4) is 0 Å². The second-order valence-electron chi connectivity index (χ2n) is 2.27. The molecule has 0 atom stereocenters. The average molecular weight is 150 g/mol. The topological polar surface area (TPSA) is 21.3 Å². The number of hydrogen-bond donors (Lipinski definition) is 1. The van der Waals surface area contributed by atoms with Gasteiger partial charge in [0.25, 0.3) is 0 Å². The van der Waals surface area contributed by atoms with Crippen LogP contribution in [0.15, 0.2) is 18.2 Å². The first-order valence-corrected chi connectivity index (χ1v) is 3.45. The molecule has 59 valence electrons. The maximum Gasteiger partial charge on any atom is 0.119 e. The number of nitrogens with one attached hydrogen (secondary N) is 1. The van der Waals surface area contributed by atoms with Gasteiger partial charge >= 0.3 is 0 Å². The Balaban J connectivity index is 2.99. The molecule has 0 aliphatic heterocycles. The molecule has 0 spiro atoms.